The number of ether oxygens (including phenoxy) is 2. The van der Waals surface area contributed by atoms with E-state index in [1.807, 2.05) is 41.5 Å². The molecule has 0 saturated carbocycles. The average Bonchev–Trinajstić information content (AvgIpc) is 3.29. The number of hydrogen-bond donors (Lipinski definition) is 1. The molecule has 0 aromatic carbocycles. The molecule has 2 bridgehead atoms. The monoisotopic (exact) mass is 478 g/mol. The third-order valence-corrected chi connectivity index (χ3v) is 8.60. The van der Waals surface area contributed by atoms with Gasteiger partial charge in [0.1, 0.15) is 17.6 Å². The van der Waals surface area contributed by atoms with Crippen molar-refractivity contribution in [3.8, 4) is 0 Å². The Labute approximate surface area is 203 Å². The number of aliphatic hydroxyl groups is 1. The second kappa shape index (κ2) is 9.61. The molecule has 34 heavy (non-hydrogen) atoms. The Morgan fingerprint density at radius 2 is 2.00 bits per heavy atom. The van der Waals surface area contributed by atoms with Crippen molar-refractivity contribution in [1.29, 1.82) is 0 Å². The lowest BCUT2D eigenvalue weighted by molar-refractivity contribution is -0.164. The van der Waals surface area contributed by atoms with Gasteiger partial charge in [-0.3, -0.25) is 14.4 Å². The molecule has 3 rings (SSSR count). The summed E-state index contributed by atoms with van der Waals surface area (Å²) in [6.07, 6.45) is 2.89. The van der Waals surface area contributed by atoms with Crippen molar-refractivity contribution < 1.29 is 29.0 Å². The maximum atomic E-state index is 14.2. The van der Waals surface area contributed by atoms with Crippen LogP contribution in [0.1, 0.15) is 61.3 Å². The van der Waals surface area contributed by atoms with E-state index in [0.717, 1.165) is 6.42 Å². The number of nitrogens with zero attached hydrogens (tertiary/aromatic N) is 2. The molecule has 2 amide bonds. The number of fused-ring (bicyclic) bond motifs is 1. The molecular formula is C26H42N2O6. The van der Waals surface area contributed by atoms with E-state index >= 15 is 0 Å². The lowest BCUT2D eigenvalue weighted by Gasteiger charge is -2.42. The lowest BCUT2D eigenvalue weighted by Crippen LogP contribution is -2.60. The number of carbonyl (C=O) groups excluding carboxylic acids is 3. The highest BCUT2D eigenvalue weighted by Gasteiger charge is 2.80. The molecule has 3 heterocycles. The van der Waals surface area contributed by atoms with Crippen molar-refractivity contribution in [2.45, 2.75) is 90.6 Å². The van der Waals surface area contributed by atoms with Crippen LogP contribution in [0.15, 0.2) is 12.7 Å². The third-order valence-electron chi connectivity index (χ3n) is 8.60. The summed E-state index contributed by atoms with van der Waals surface area (Å²) in [5, 5.41) is 10.4. The molecule has 1 spiro atoms. The molecule has 3 saturated heterocycles. The number of likely N-dealkylation sites (tertiary alicyclic amines) is 1. The van der Waals surface area contributed by atoms with E-state index in [1.165, 1.54) is 0 Å². The Kier molecular flexibility index (Phi) is 7.54. The molecular weight excluding hydrogens is 436 g/mol. The van der Waals surface area contributed by atoms with Gasteiger partial charge >= 0.3 is 5.97 Å². The number of carbonyl (C=O) groups is 3. The van der Waals surface area contributed by atoms with Crippen LogP contribution in [0.4, 0.5) is 0 Å². The molecule has 0 aromatic rings. The predicted molar refractivity (Wildman–Crippen MR) is 128 cm³/mol. The Morgan fingerprint density at radius 1 is 1.35 bits per heavy atom. The zero-order valence-corrected chi connectivity index (χ0v) is 21.7. The van der Waals surface area contributed by atoms with Gasteiger partial charge in [-0.1, -0.05) is 33.3 Å². The van der Waals surface area contributed by atoms with Crippen LogP contribution in [-0.4, -0.2) is 81.8 Å². The van der Waals surface area contributed by atoms with Crippen LogP contribution in [0.3, 0.4) is 0 Å². The molecule has 3 unspecified atom stereocenters. The number of aliphatic hydroxyl groups excluding tert-OH is 1. The summed E-state index contributed by atoms with van der Waals surface area (Å²) in [4.78, 5) is 44.8. The van der Waals surface area contributed by atoms with Crippen molar-refractivity contribution in [2.24, 2.45) is 23.7 Å². The van der Waals surface area contributed by atoms with E-state index < -0.39 is 41.1 Å². The standard InChI is InChI=1S/C26H42N2O6/c1-9-12-27(15(4)5)23(31)21-26-13-17(7)25(8,34-26)20(24(32)33-11-3)19(26)22(30)28(21)18(14-29)16(6)10-2/h9,15-21,29H,1,10-14H2,2-8H3/t16-,17?,18-,19-,20-,21?,25+,26?/m0/s1. The van der Waals surface area contributed by atoms with Gasteiger partial charge in [-0.25, -0.2) is 0 Å². The summed E-state index contributed by atoms with van der Waals surface area (Å²) in [5.41, 5.74) is -2.04. The highest BCUT2D eigenvalue weighted by atomic mass is 16.6. The van der Waals surface area contributed by atoms with Gasteiger partial charge in [0.2, 0.25) is 11.8 Å². The SMILES string of the molecule is C=CCN(C(=O)C1N([C@@H](CO)[C@@H](C)CC)C(=O)[C@@H]2[C@@H](C(=O)OCC)[C@]3(C)OC12CC3C)C(C)C. The molecule has 0 aliphatic carbocycles. The summed E-state index contributed by atoms with van der Waals surface area (Å²) in [6.45, 7) is 17.5. The van der Waals surface area contributed by atoms with Crippen LogP contribution in [-0.2, 0) is 23.9 Å². The Morgan fingerprint density at radius 3 is 2.50 bits per heavy atom. The molecule has 8 atom stereocenters. The van der Waals surface area contributed by atoms with Gasteiger partial charge in [-0.15, -0.1) is 6.58 Å². The average molecular weight is 479 g/mol. The van der Waals surface area contributed by atoms with Gasteiger partial charge < -0.3 is 24.4 Å². The minimum atomic E-state index is -1.14. The van der Waals surface area contributed by atoms with E-state index in [4.69, 9.17) is 9.47 Å². The Bertz CT molecular complexity index is 830. The Hall–Kier alpha value is -1.93. The van der Waals surface area contributed by atoms with Gasteiger partial charge in [0, 0.05) is 12.6 Å². The minimum Gasteiger partial charge on any atom is -0.466 e. The second-order valence-corrected chi connectivity index (χ2v) is 10.7. The molecule has 3 aliphatic heterocycles. The van der Waals surface area contributed by atoms with Crippen molar-refractivity contribution in [1.82, 2.24) is 9.80 Å². The molecule has 3 fully saturated rings. The summed E-state index contributed by atoms with van der Waals surface area (Å²) in [7, 11) is 0. The van der Waals surface area contributed by atoms with Gasteiger partial charge in [0.25, 0.3) is 0 Å². The Balaban J connectivity index is 2.21. The fraction of sp³-hybridized carbons (Fsp3) is 0.808. The van der Waals surface area contributed by atoms with Gasteiger partial charge in [0.05, 0.1) is 30.8 Å². The first-order valence-electron chi connectivity index (χ1n) is 12.7. The van der Waals surface area contributed by atoms with Crippen LogP contribution in [0.2, 0.25) is 0 Å². The normalized spacial score (nSPS) is 35.9. The number of amides is 2. The van der Waals surface area contributed by atoms with Crippen LogP contribution < -0.4 is 0 Å². The van der Waals surface area contributed by atoms with Gasteiger partial charge in [-0.05, 0) is 46.0 Å². The van der Waals surface area contributed by atoms with Gasteiger partial charge in [-0.2, -0.15) is 0 Å². The zero-order chi connectivity index (χ0) is 25.6. The molecule has 0 aromatic heterocycles. The summed E-state index contributed by atoms with van der Waals surface area (Å²) < 4.78 is 12.1. The van der Waals surface area contributed by atoms with E-state index in [0.29, 0.717) is 13.0 Å². The maximum absolute atomic E-state index is 14.2. The zero-order valence-electron chi connectivity index (χ0n) is 21.7. The van der Waals surface area contributed by atoms with Crippen LogP contribution >= 0.6 is 0 Å². The van der Waals surface area contributed by atoms with E-state index in [9.17, 15) is 19.5 Å². The molecule has 3 aliphatic rings. The number of esters is 1. The number of hydrogen-bond acceptors (Lipinski definition) is 6. The molecule has 0 radical (unpaired) electrons. The van der Waals surface area contributed by atoms with Crippen molar-refractivity contribution >= 4 is 17.8 Å². The topological polar surface area (TPSA) is 96.4 Å². The number of rotatable bonds is 10. The fourth-order valence-corrected chi connectivity index (χ4v) is 6.57. The second-order valence-electron chi connectivity index (χ2n) is 10.7. The van der Waals surface area contributed by atoms with Crippen LogP contribution in [0.25, 0.3) is 0 Å². The fourth-order valence-electron chi connectivity index (χ4n) is 6.57. The first-order valence-corrected chi connectivity index (χ1v) is 12.7. The third kappa shape index (κ3) is 3.68. The highest BCUT2D eigenvalue weighted by molar-refractivity contribution is 5.99. The van der Waals surface area contributed by atoms with E-state index in [2.05, 4.69) is 6.58 Å². The molecule has 8 nitrogen and oxygen atoms in total. The summed E-state index contributed by atoms with van der Waals surface area (Å²) in [6, 6.07) is -1.61. The van der Waals surface area contributed by atoms with Crippen LogP contribution in [0.5, 0.6) is 0 Å². The first-order chi connectivity index (χ1) is 16.0. The first kappa shape index (κ1) is 26.7. The highest BCUT2D eigenvalue weighted by Crippen LogP contribution is 2.65. The molecule has 1 N–H and O–H groups in total. The largest absolute Gasteiger partial charge is 0.466 e. The van der Waals surface area contributed by atoms with Gasteiger partial charge in [0.15, 0.2) is 0 Å². The predicted octanol–water partition coefficient (Wildman–Crippen LogP) is 2.39. The lowest BCUT2D eigenvalue weighted by atomic mass is 9.62. The molecule has 192 valence electrons. The quantitative estimate of drug-likeness (QED) is 0.383. The van der Waals surface area contributed by atoms with E-state index in [-0.39, 0.29) is 42.9 Å². The maximum Gasteiger partial charge on any atom is 0.312 e. The summed E-state index contributed by atoms with van der Waals surface area (Å²) in [5.74, 6) is -2.70. The van der Waals surface area contributed by atoms with Crippen molar-refractivity contribution in [2.75, 3.05) is 19.8 Å². The van der Waals surface area contributed by atoms with Crippen molar-refractivity contribution in [3.63, 3.8) is 0 Å². The van der Waals surface area contributed by atoms with E-state index in [1.54, 1.807) is 22.8 Å². The van der Waals surface area contributed by atoms with Crippen molar-refractivity contribution in [3.05, 3.63) is 12.7 Å². The van der Waals surface area contributed by atoms with Crippen LogP contribution in [0, 0.1) is 23.7 Å². The smallest absolute Gasteiger partial charge is 0.312 e. The molecule has 8 heteroatoms. The summed E-state index contributed by atoms with van der Waals surface area (Å²) >= 11 is 0. The minimum absolute atomic E-state index is 0.0439.